The highest BCUT2D eigenvalue weighted by Gasteiger charge is 2.29. The largest absolute Gasteiger partial charge is 0.399 e. The van der Waals surface area contributed by atoms with Gasteiger partial charge in [-0.2, -0.15) is 14.1 Å². The molecule has 0 aliphatic carbocycles. The van der Waals surface area contributed by atoms with Gasteiger partial charge in [-0.1, -0.05) is 24.3 Å². The zero-order valence-corrected chi connectivity index (χ0v) is 21.4. The number of rotatable bonds is 6. The third-order valence-electron chi connectivity index (χ3n) is 6.48. The third kappa shape index (κ3) is 5.66. The number of anilines is 2. The van der Waals surface area contributed by atoms with Gasteiger partial charge in [-0.15, -0.1) is 0 Å². The molecule has 0 amide bonds. The fourth-order valence-corrected chi connectivity index (χ4v) is 6.06. The van der Waals surface area contributed by atoms with E-state index in [1.165, 1.54) is 34.8 Å². The first-order valence-electron chi connectivity index (χ1n) is 12.0. The van der Waals surface area contributed by atoms with Gasteiger partial charge < -0.3 is 10.6 Å². The highest BCUT2D eigenvalue weighted by atomic mass is 32.2. The van der Waals surface area contributed by atoms with Crippen molar-refractivity contribution in [1.29, 1.82) is 0 Å². The predicted octanol–water partition coefficient (Wildman–Crippen LogP) is 3.55. The number of nitrogens with two attached hydrogens (primary N) is 1. The molecule has 1 saturated heterocycles. The Morgan fingerprint density at radius 2 is 1.44 bits per heavy atom. The van der Waals surface area contributed by atoms with Crippen LogP contribution in [0.5, 0.6) is 0 Å². The van der Waals surface area contributed by atoms with Gasteiger partial charge >= 0.3 is 0 Å². The number of benzene rings is 3. The van der Waals surface area contributed by atoms with Crippen LogP contribution in [-0.4, -0.2) is 48.7 Å². The zero-order chi connectivity index (χ0) is 27.7. The van der Waals surface area contributed by atoms with Gasteiger partial charge in [0.15, 0.2) is 0 Å². The van der Waals surface area contributed by atoms with Crippen LogP contribution in [0.3, 0.4) is 0 Å². The van der Waals surface area contributed by atoms with E-state index < -0.39 is 33.0 Å². The second-order valence-electron chi connectivity index (χ2n) is 9.14. The maximum atomic E-state index is 13.9. The van der Waals surface area contributed by atoms with E-state index in [2.05, 4.69) is 5.10 Å². The molecule has 0 spiro atoms. The number of hydrogen-bond acceptors (Lipinski definition) is 6. The van der Waals surface area contributed by atoms with E-state index >= 15 is 0 Å². The van der Waals surface area contributed by atoms with Gasteiger partial charge in [-0.25, -0.2) is 21.6 Å². The van der Waals surface area contributed by atoms with Crippen LogP contribution in [0, 0.1) is 17.5 Å². The maximum absolute atomic E-state index is 13.9. The summed E-state index contributed by atoms with van der Waals surface area (Å²) in [6.07, 6.45) is 1.39. The predicted molar refractivity (Wildman–Crippen MR) is 142 cm³/mol. The number of piperazine rings is 1. The first-order chi connectivity index (χ1) is 18.6. The van der Waals surface area contributed by atoms with Crippen molar-refractivity contribution in [3.63, 3.8) is 0 Å². The maximum Gasteiger partial charge on any atom is 0.281 e. The number of hydrogen-bond donors (Lipinski definition) is 1. The number of nitrogen functional groups attached to an aromatic ring is 1. The van der Waals surface area contributed by atoms with E-state index in [-0.39, 0.29) is 43.2 Å². The second-order valence-corrected chi connectivity index (χ2v) is 11.1. The minimum atomic E-state index is -3.61. The van der Waals surface area contributed by atoms with Crippen molar-refractivity contribution in [2.45, 2.75) is 5.75 Å². The van der Waals surface area contributed by atoms with Crippen LogP contribution < -0.4 is 16.2 Å². The van der Waals surface area contributed by atoms with Crippen LogP contribution in [0.2, 0.25) is 0 Å². The summed E-state index contributed by atoms with van der Waals surface area (Å²) in [5.74, 6) is -2.41. The Hall–Kier alpha value is -4.16. The summed E-state index contributed by atoms with van der Waals surface area (Å²) in [7, 11) is -3.61. The molecule has 5 rings (SSSR count). The smallest absolute Gasteiger partial charge is 0.281 e. The normalized spacial score (nSPS) is 14.5. The fraction of sp³-hybridized carbons (Fsp3) is 0.185. The van der Waals surface area contributed by atoms with Gasteiger partial charge in [0.25, 0.3) is 5.56 Å². The van der Waals surface area contributed by atoms with E-state index in [1.807, 2.05) is 4.90 Å². The average Bonchev–Trinajstić information content (AvgIpc) is 2.90. The molecule has 1 aliphatic rings. The summed E-state index contributed by atoms with van der Waals surface area (Å²) in [4.78, 5) is 15.4. The second kappa shape index (κ2) is 10.5. The molecule has 2 N–H and O–H groups in total. The first kappa shape index (κ1) is 26.4. The van der Waals surface area contributed by atoms with E-state index in [4.69, 9.17) is 5.73 Å². The Morgan fingerprint density at radius 1 is 0.821 bits per heavy atom. The Bertz CT molecular complexity index is 1650. The SMILES string of the molecule is Nc1ccc(CS(=O)(=O)N2CCN(c3cnn(-c4cc(F)cc(F)c4)c(=O)c3-c3ccc(F)cc3)CC2)cc1. The molecule has 0 atom stereocenters. The quantitative estimate of drug-likeness (QED) is 0.365. The molecule has 2 heterocycles. The van der Waals surface area contributed by atoms with Gasteiger partial charge in [0.2, 0.25) is 10.0 Å². The van der Waals surface area contributed by atoms with Gasteiger partial charge in [-0.3, -0.25) is 4.79 Å². The molecular weight excluding hydrogens is 531 g/mol. The average molecular weight is 556 g/mol. The van der Waals surface area contributed by atoms with Crippen molar-refractivity contribution in [2.75, 3.05) is 36.8 Å². The lowest BCUT2D eigenvalue weighted by Gasteiger charge is -2.36. The molecule has 3 aromatic carbocycles. The molecule has 1 aliphatic heterocycles. The molecule has 8 nitrogen and oxygen atoms in total. The van der Waals surface area contributed by atoms with E-state index in [0.29, 0.717) is 28.6 Å². The monoisotopic (exact) mass is 555 g/mol. The summed E-state index contributed by atoms with van der Waals surface area (Å²) in [5, 5.41) is 4.15. The molecule has 0 unspecified atom stereocenters. The number of halogens is 3. The summed E-state index contributed by atoms with van der Waals surface area (Å²) >= 11 is 0. The van der Waals surface area contributed by atoms with E-state index in [0.717, 1.165) is 16.8 Å². The highest BCUT2D eigenvalue weighted by Crippen LogP contribution is 2.29. The minimum Gasteiger partial charge on any atom is -0.399 e. The summed E-state index contributed by atoms with van der Waals surface area (Å²) in [5.41, 5.74) is 7.00. The Balaban J connectivity index is 1.46. The number of nitrogens with zero attached hydrogens (tertiary/aromatic N) is 4. The van der Waals surface area contributed by atoms with Gasteiger partial charge in [0.05, 0.1) is 28.9 Å². The molecule has 0 bridgehead atoms. The van der Waals surface area contributed by atoms with Crippen LogP contribution in [0.4, 0.5) is 24.5 Å². The highest BCUT2D eigenvalue weighted by molar-refractivity contribution is 7.88. The molecule has 0 saturated carbocycles. The molecule has 1 fully saturated rings. The topological polar surface area (TPSA) is 102 Å². The van der Waals surface area contributed by atoms with Crippen LogP contribution in [-0.2, 0) is 15.8 Å². The lowest BCUT2D eigenvalue weighted by atomic mass is 10.0. The van der Waals surface area contributed by atoms with Crippen LogP contribution in [0.15, 0.2) is 77.7 Å². The van der Waals surface area contributed by atoms with Crippen molar-refractivity contribution in [1.82, 2.24) is 14.1 Å². The molecule has 4 aromatic rings. The molecule has 39 heavy (non-hydrogen) atoms. The first-order valence-corrected chi connectivity index (χ1v) is 13.6. The molecule has 0 radical (unpaired) electrons. The van der Waals surface area contributed by atoms with Crippen molar-refractivity contribution >= 4 is 21.4 Å². The zero-order valence-electron chi connectivity index (χ0n) is 20.6. The van der Waals surface area contributed by atoms with Gasteiger partial charge in [0, 0.05) is 37.9 Å². The van der Waals surface area contributed by atoms with Gasteiger partial charge in [0.1, 0.15) is 17.5 Å². The Labute approximate surface area is 222 Å². The molecular formula is C27H24F3N5O3S. The standard InChI is InChI=1S/C27H24F3N5O3S/c28-20-5-3-19(4-6-20)26-25(16-32-35(27(26)36)24-14-21(29)13-22(30)15-24)33-9-11-34(12-10-33)39(37,38)17-18-1-7-23(31)8-2-18/h1-8,13-16H,9-12,17,31H2. The number of sulfonamides is 1. The third-order valence-corrected chi connectivity index (χ3v) is 8.33. The minimum absolute atomic E-state index is 0.106. The lowest BCUT2D eigenvalue weighted by Crippen LogP contribution is -2.49. The summed E-state index contributed by atoms with van der Waals surface area (Å²) in [6.45, 7) is 0.848. The van der Waals surface area contributed by atoms with E-state index in [1.54, 1.807) is 24.3 Å². The fourth-order valence-electron chi connectivity index (χ4n) is 4.54. The van der Waals surface area contributed by atoms with Crippen LogP contribution >= 0.6 is 0 Å². The molecule has 12 heteroatoms. The number of aromatic nitrogens is 2. The van der Waals surface area contributed by atoms with Gasteiger partial charge in [-0.05, 0) is 47.5 Å². The molecule has 202 valence electrons. The lowest BCUT2D eigenvalue weighted by molar-refractivity contribution is 0.384. The van der Waals surface area contributed by atoms with Crippen LogP contribution in [0.1, 0.15) is 5.56 Å². The summed E-state index contributed by atoms with van der Waals surface area (Å²) in [6, 6.07) is 14.5. The van der Waals surface area contributed by atoms with Crippen molar-refractivity contribution in [2.24, 2.45) is 0 Å². The van der Waals surface area contributed by atoms with Crippen LogP contribution in [0.25, 0.3) is 16.8 Å². The Morgan fingerprint density at radius 3 is 2.05 bits per heavy atom. The van der Waals surface area contributed by atoms with Crippen molar-refractivity contribution < 1.29 is 21.6 Å². The summed E-state index contributed by atoms with van der Waals surface area (Å²) < 4.78 is 69.7. The van der Waals surface area contributed by atoms with E-state index in [9.17, 15) is 26.4 Å². The van der Waals surface area contributed by atoms with Crippen molar-refractivity contribution in [3.8, 4) is 16.8 Å². The molecule has 1 aromatic heterocycles. The van der Waals surface area contributed by atoms with Crippen molar-refractivity contribution in [3.05, 3.63) is 106 Å². The Kier molecular flexibility index (Phi) is 7.15.